The third-order valence-corrected chi connectivity index (χ3v) is 4.53. The van der Waals surface area contributed by atoms with Crippen molar-refractivity contribution in [2.24, 2.45) is 5.73 Å². The second-order valence-electron chi connectivity index (χ2n) is 5.01. The van der Waals surface area contributed by atoms with Crippen LogP contribution in [0.3, 0.4) is 0 Å². The summed E-state index contributed by atoms with van der Waals surface area (Å²) in [6.45, 7) is 0.558. The van der Waals surface area contributed by atoms with Crippen molar-refractivity contribution in [3.8, 4) is 16.9 Å². The fraction of sp³-hybridized carbons (Fsp3) is 0.188. The molecule has 2 aromatic carbocycles. The monoisotopic (exact) mass is 282 g/mol. The van der Waals surface area contributed by atoms with Crippen molar-refractivity contribution in [1.29, 1.82) is 0 Å². The highest BCUT2D eigenvalue weighted by Gasteiger charge is 2.24. The smallest absolute Gasteiger partial charge is 0.130 e. The number of nitrogens with zero attached hydrogens (tertiary/aromatic N) is 1. The van der Waals surface area contributed by atoms with E-state index in [1.54, 1.807) is 11.3 Å². The van der Waals surface area contributed by atoms with Gasteiger partial charge in [-0.2, -0.15) is 0 Å². The predicted octanol–water partition coefficient (Wildman–Crippen LogP) is 3.23. The summed E-state index contributed by atoms with van der Waals surface area (Å²) in [5, 5.41) is 0. The van der Waals surface area contributed by atoms with Crippen molar-refractivity contribution >= 4 is 21.6 Å². The Balaban J connectivity index is 1.85. The zero-order valence-electron chi connectivity index (χ0n) is 10.9. The molecular formula is C16H14N2OS. The van der Waals surface area contributed by atoms with E-state index in [9.17, 15) is 0 Å². The number of hydrogen-bond acceptors (Lipinski definition) is 4. The lowest BCUT2D eigenvalue weighted by Crippen LogP contribution is -2.24. The van der Waals surface area contributed by atoms with Crippen LogP contribution >= 0.6 is 11.3 Å². The maximum Gasteiger partial charge on any atom is 0.130 e. The van der Waals surface area contributed by atoms with Crippen LogP contribution in [0.4, 0.5) is 0 Å². The molecule has 1 aliphatic rings. The zero-order valence-corrected chi connectivity index (χ0v) is 11.7. The first-order chi connectivity index (χ1) is 9.85. The lowest BCUT2D eigenvalue weighted by molar-refractivity contribution is 0.242. The van der Waals surface area contributed by atoms with E-state index < -0.39 is 0 Å². The number of hydrogen-bond donors (Lipinski definition) is 1. The second-order valence-corrected chi connectivity index (χ2v) is 5.89. The first kappa shape index (κ1) is 11.9. The molecule has 4 heteroatoms. The number of para-hydroxylation sites is 1. The first-order valence-electron chi connectivity index (χ1n) is 6.67. The van der Waals surface area contributed by atoms with E-state index in [1.807, 2.05) is 5.51 Å². The maximum absolute atomic E-state index is 6.00. The highest BCUT2D eigenvalue weighted by molar-refractivity contribution is 7.16. The van der Waals surface area contributed by atoms with Crippen LogP contribution in [-0.2, 0) is 6.42 Å². The summed E-state index contributed by atoms with van der Waals surface area (Å²) in [7, 11) is 0. The van der Waals surface area contributed by atoms with Gasteiger partial charge >= 0.3 is 0 Å². The van der Waals surface area contributed by atoms with Crippen molar-refractivity contribution in [3.05, 3.63) is 47.5 Å². The highest BCUT2D eigenvalue weighted by Crippen LogP contribution is 2.39. The Morgan fingerprint density at radius 3 is 3.15 bits per heavy atom. The minimum Gasteiger partial charge on any atom is -0.488 e. The van der Waals surface area contributed by atoms with E-state index in [0.29, 0.717) is 6.54 Å². The molecule has 4 rings (SSSR count). The Kier molecular flexibility index (Phi) is 2.72. The van der Waals surface area contributed by atoms with E-state index >= 15 is 0 Å². The van der Waals surface area contributed by atoms with Crippen LogP contribution in [0.1, 0.15) is 5.56 Å². The molecule has 0 spiro atoms. The number of ether oxygens (including phenoxy) is 1. The maximum atomic E-state index is 6.00. The topological polar surface area (TPSA) is 48.1 Å². The van der Waals surface area contributed by atoms with Crippen molar-refractivity contribution in [3.63, 3.8) is 0 Å². The van der Waals surface area contributed by atoms with E-state index in [2.05, 4.69) is 41.4 Å². The van der Waals surface area contributed by atoms with Gasteiger partial charge in [0.25, 0.3) is 0 Å². The highest BCUT2D eigenvalue weighted by atomic mass is 32.1. The fourth-order valence-electron chi connectivity index (χ4n) is 2.72. The van der Waals surface area contributed by atoms with Crippen molar-refractivity contribution in [2.45, 2.75) is 12.5 Å². The Labute approximate surface area is 121 Å². The van der Waals surface area contributed by atoms with Gasteiger partial charge in [-0.15, -0.1) is 11.3 Å². The largest absolute Gasteiger partial charge is 0.488 e. The number of nitrogens with two attached hydrogens (primary N) is 1. The molecule has 1 aromatic heterocycles. The Hall–Kier alpha value is -1.91. The quantitative estimate of drug-likeness (QED) is 0.785. The standard InChI is InChI=1S/C16H14N2OS/c17-8-12-6-11-2-1-3-13(16(11)19-12)10-4-5-14-15(7-10)20-9-18-14/h1-5,7,9,12H,6,8,17H2. The van der Waals surface area contributed by atoms with Gasteiger partial charge in [-0.3, -0.25) is 0 Å². The fourth-order valence-corrected chi connectivity index (χ4v) is 3.44. The van der Waals surface area contributed by atoms with Crippen LogP contribution in [0.25, 0.3) is 21.3 Å². The molecule has 0 saturated carbocycles. The third-order valence-electron chi connectivity index (χ3n) is 3.73. The molecule has 3 nitrogen and oxygen atoms in total. The minimum absolute atomic E-state index is 0.110. The predicted molar refractivity (Wildman–Crippen MR) is 82.2 cm³/mol. The van der Waals surface area contributed by atoms with Gasteiger partial charge in [0.2, 0.25) is 0 Å². The molecule has 2 heterocycles. The normalized spacial score (nSPS) is 17.1. The van der Waals surface area contributed by atoms with Crippen LogP contribution in [0.2, 0.25) is 0 Å². The van der Waals surface area contributed by atoms with Crippen molar-refractivity contribution in [1.82, 2.24) is 4.98 Å². The van der Waals surface area contributed by atoms with E-state index in [4.69, 9.17) is 10.5 Å². The molecule has 0 aliphatic carbocycles. The van der Waals surface area contributed by atoms with Crippen LogP contribution in [0.5, 0.6) is 5.75 Å². The lowest BCUT2D eigenvalue weighted by Gasteiger charge is -2.11. The van der Waals surface area contributed by atoms with Crippen LogP contribution in [0, 0.1) is 0 Å². The van der Waals surface area contributed by atoms with E-state index in [1.165, 1.54) is 15.8 Å². The molecule has 100 valence electrons. The average Bonchev–Trinajstić information content (AvgIpc) is 3.11. The molecule has 0 amide bonds. The van der Waals surface area contributed by atoms with E-state index in [0.717, 1.165) is 23.3 Å². The van der Waals surface area contributed by atoms with Crippen molar-refractivity contribution < 1.29 is 4.74 Å². The molecule has 0 fully saturated rings. The van der Waals surface area contributed by atoms with Crippen LogP contribution in [-0.4, -0.2) is 17.6 Å². The van der Waals surface area contributed by atoms with Crippen LogP contribution in [0.15, 0.2) is 41.9 Å². The van der Waals surface area contributed by atoms with Gasteiger partial charge in [-0.05, 0) is 23.3 Å². The average molecular weight is 282 g/mol. The zero-order chi connectivity index (χ0) is 13.5. The molecule has 0 saturated heterocycles. The molecule has 0 radical (unpaired) electrons. The van der Waals surface area contributed by atoms with Gasteiger partial charge in [-0.1, -0.05) is 24.3 Å². The van der Waals surface area contributed by atoms with Gasteiger partial charge in [0, 0.05) is 18.5 Å². The summed E-state index contributed by atoms with van der Waals surface area (Å²) in [5.41, 5.74) is 12.2. The third kappa shape index (κ3) is 1.80. The first-order valence-corrected chi connectivity index (χ1v) is 7.55. The van der Waals surface area contributed by atoms with Gasteiger partial charge in [-0.25, -0.2) is 4.98 Å². The minimum atomic E-state index is 0.110. The van der Waals surface area contributed by atoms with Gasteiger partial charge < -0.3 is 10.5 Å². The summed E-state index contributed by atoms with van der Waals surface area (Å²) in [6.07, 6.45) is 1.01. The molecule has 1 aliphatic heterocycles. The Morgan fingerprint density at radius 2 is 2.25 bits per heavy atom. The van der Waals surface area contributed by atoms with Crippen LogP contribution < -0.4 is 10.5 Å². The number of thiazole rings is 1. The molecule has 1 atom stereocenters. The Bertz CT molecular complexity index is 781. The summed E-state index contributed by atoms with van der Waals surface area (Å²) in [5.74, 6) is 0.992. The molecule has 3 aromatic rings. The summed E-state index contributed by atoms with van der Waals surface area (Å²) >= 11 is 1.66. The Morgan fingerprint density at radius 1 is 1.30 bits per heavy atom. The lowest BCUT2D eigenvalue weighted by atomic mass is 10.0. The molecular weight excluding hydrogens is 268 g/mol. The SMILES string of the molecule is NCC1Cc2cccc(-c3ccc4ncsc4c3)c2O1. The molecule has 0 bridgehead atoms. The van der Waals surface area contributed by atoms with Gasteiger partial charge in [0.05, 0.1) is 15.7 Å². The van der Waals surface area contributed by atoms with E-state index in [-0.39, 0.29) is 6.10 Å². The summed E-state index contributed by atoms with van der Waals surface area (Å²) < 4.78 is 7.20. The summed E-state index contributed by atoms with van der Waals surface area (Å²) in [6, 6.07) is 12.7. The number of rotatable bonds is 2. The summed E-state index contributed by atoms with van der Waals surface area (Å²) in [4.78, 5) is 4.32. The number of benzene rings is 2. The second kappa shape index (κ2) is 4.58. The van der Waals surface area contributed by atoms with Gasteiger partial charge in [0.1, 0.15) is 11.9 Å². The van der Waals surface area contributed by atoms with Gasteiger partial charge in [0.15, 0.2) is 0 Å². The molecule has 1 unspecified atom stereocenters. The number of fused-ring (bicyclic) bond motifs is 2. The number of aromatic nitrogens is 1. The molecule has 2 N–H and O–H groups in total. The molecule has 20 heavy (non-hydrogen) atoms. The van der Waals surface area contributed by atoms with Crippen molar-refractivity contribution in [2.75, 3.05) is 6.54 Å².